The Morgan fingerprint density at radius 3 is 2.40 bits per heavy atom. The molecule has 0 aromatic heterocycles. The zero-order chi connectivity index (χ0) is 14.9. The molecule has 2 rings (SSSR count). The van der Waals surface area contributed by atoms with Gasteiger partial charge in [-0.15, -0.1) is 0 Å². The van der Waals surface area contributed by atoms with Crippen LogP contribution < -0.4 is 11.1 Å². The number of anilines is 3. The molecule has 0 aliphatic carbocycles. The summed E-state index contributed by atoms with van der Waals surface area (Å²) < 4.78 is 51.9. The monoisotopic (exact) mass is 348 g/mol. The lowest BCUT2D eigenvalue weighted by Crippen LogP contribution is -2.09. The second kappa shape index (κ2) is 5.32. The molecule has 0 radical (unpaired) electrons. The molecule has 2 nitrogen and oxygen atoms in total. The molecule has 0 amide bonds. The Labute approximate surface area is 120 Å². The van der Waals surface area contributed by atoms with Gasteiger partial charge in [0, 0.05) is 15.8 Å². The molecule has 106 valence electrons. The van der Waals surface area contributed by atoms with Gasteiger partial charge in [0.25, 0.3) is 0 Å². The van der Waals surface area contributed by atoms with E-state index in [0.29, 0.717) is 10.2 Å². The van der Waals surface area contributed by atoms with Crippen molar-refractivity contribution in [2.24, 2.45) is 0 Å². The SMILES string of the molecule is Nc1ccc(Nc2cc(F)ccc2Br)cc1C(F)(F)F. The molecule has 0 saturated carbocycles. The number of hydrogen-bond donors (Lipinski definition) is 2. The van der Waals surface area contributed by atoms with Gasteiger partial charge in [-0.2, -0.15) is 13.2 Å². The highest BCUT2D eigenvalue weighted by Gasteiger charge is 2.33. The number of nitrogens with one attached hydrogen (secondary N) is 1. The predicted octanol–water partition coefficient (Wildman–Crippen LogP) is 4.93. The van der Waals surface area contributed by atoms with Crippen LogP contribution in [0.2, 0.25) is 0 Å². The molecule has 20 heavy (non-hydrogen) atoms. The van der Waals surface area contributed by atoms with E-state index in [1.165, 1.54) is 24.3 Å². The molecule has 2 aromatic carbocycles. The van der Waals surface area contributed by atoms with Gasteiger partial charge in [0.2, 0.25) is 0 Å². The maximum absolute atomic E-state index is 13.1. The molecule has 0 heterocycles. The maximum atomic E-state index is 13.1. The van der Waals surface area contributed by atoms with E-state index in [1.54, 1.807) is 0 Å². The van der Waals surface area contributed by atoms with Gasteiger partial charge in [-0.25, -0.2) is 4.39 Å². The van der Waals surface area contributed by atoms with Crippen molar-refractivity contribution in [2.75, 3.05) is 11.1 Å². The zero-order valence-corrected chi connectivity index (χ0v) is 11.5. The summed E-state index contributed by atoms with van der Waals surface area (Å²) in [6, 6.07) is 7.29. The first-order valence-electron chi connectivity index (χ1n) is 5.46. The quantitative estimate of drug-likeness (QED) is 0.596. The second-order valence-corrected chi connectivity index (χ2v) is 4.90. The van der Waals surface area contributed by atoms with Crippen LogP contribution in [0, 0.1) is 5.82 Å². The Balaban J connectivity index is 2.37. The van der Waals surface area contributed by atoms with Gasteiger partial charge >= 0.3 is 6.18 Å². The van der Waals surface area contributed by atoms with E-state index in [0.717, 1.165) is 12.1 Å². The van der Waals surface area contributed by atoms with Crippen LogP contribution in [0.1, 0.15) is 5.56 Å². The molecular formula is C13H9BrF4N2. The molecule has 0 aliphatic rings. The van der Waals surface area contributed by atoms with E-state index >= 15 is 0 Å². The lowest BCUT2D eigenvalue weighted by Gasteiger charge is -2.14. The minimum Gasteiger partial charge on any atom is -0.398 e. The maximum Gasteiger partial charge on any atom is 0.418 e. The van der Waals surface area contributed by atoms with Crippen LogP contribution in [0.3, 0.4) is 0 Å². The van der Waals surface area contributed by atoms with Crippen molar-refractivity contribution in [3.05, 3.63) is 52.3 Å². The summed E-state index contributed by atoms with van der Waals surface area (Å²) in [5, 5.41) is 2.71. The average Bonchev–Trinajstić information content (AvgIpc) is 2.35. The molecule has 0 spiro atoms. The summed E-state index contributed by atoms with van der Waals surface area (Å²) in [7, 11) is 0. The smallest absolute Gasteiger partial charge is 0.398 e. The molecule has 2 aromatic rings. The number of halogens is 5. The molecule has 0 atom stereocenters. The molecule has 0 unspecified atom stereocenters. The number of benzene rings is 2. The third-order valence-corrected chi connectivity index (χ3v) is 3.26. The van der Waals surface area contributed by atoms with Crippen molar-refractivity contribution >= 4 is 33.0 Å². The van der Waals surface area contributed by atoms with Gasteiger partial charge in [-0.1, -0.05) is 0 Å². The molecule has 0 fully saturated rings. The van der Waals surface area contributed by atoms with Crippen LogP contribution in [-0.2, 0) is 6.18 Å². The highest BCUT2D eigenvalue weighted by molar-refractivity contribution is 9.10. The zero-order valence-electron chi connectivity index (χ0n) is 9.93. The summed E-state index contributed by atoms with van der Waals surface area (Å²) in [5.41, 5.74) is 4.50. The third kappa shape index (κ3) is 3.22. The number of alkyl halides is 3. The minimum atomic E-state index is -4.54. The number of rotatable bonds is 2. The van der Waals surface area contributed by atoms with Crippen LogP contribution in [0.25, 0.3) is 0 Å². The third-order valence-electron chi connectivity index (χ3n) is 2.57. The minimum absolute atomic E-state index is 0.165. The van der Waals surface area contributed by atoms with Crippen LogP contribution in [0.4, 0.5) is 34.6 Å². The Hall–Kier alpha value is -1.76. The van der Waals surface area contributed by atoms with Gasteiger partial charge in [0.15, 0.2) is 0 Å². The fraction of sp³-hybridized carbons (Fsp3) is 0.0769. The van der Waals surface area contributed by atoms with E-state index < -0.39 is 17.6 Å². The van der Waals surface area contributed by atoms with Gasteiger partial charge in [0.1, 0.15) is 5.82 Å². The summed E-state index contributed by atoms with van der Waals surface area (Å²) in [4.78, 5) is 0. The highest BCUT2D eigenvalue weighted by atomic mass is 79.9. The molecular weight excluding hydrogens is 340 g/mol. The Bertz CT molecular complexity index is 641. The van der Waals surface area contributed by atoms with E-state index in [1.807, 2.05) is 0 Å². The van der Waals surface area contributed by atoms with Crippen LogP contribution in [0.15, 0.2) is 40.9 Å². The summed E-state index contributed by atoms with van der Waals surface area (Å²) in [6.07, 6.45) is -4.54. The number of hydrogen-bond acceptors (Lipinski definition) is 2. The Morgan fingerprint density at radius 1 is 1.05 bits per heavy atom. The molecule has 0 saturated heterocycles. The normalized spacial score (nSPS) is 11.4. The summed E-state index contributed by atoms with van der Waals surface area (Å²) in [6.45, 7) is 0. The number of nitrogens with two attached hydrogens (primary N) is 1. The first-order chi connectivity index (χ1) is 9.27. The highest BCUT2D eigenvalue weighted by Crippen LogP contribution is 2.36. The van der Waals surface area contributed by atoms with Crippen molar-refractivity contribution in [2.45, 2.75) is 6.18 Å². The molecule has 0 bridgehead atoms. The fourth-order valence-corrected chi connectivity index (χ4v) is 1.97. The molecule has 7 heteroatoms. The van der Waals surface area contributed by atoms with Crippen molar-refractivity contribution in [3.8, 4) is 0 Å². The van der Waals surface area contributed by atoms with Crippen molar-refractivity contribution < 1.29 is 17.6 Å². The standard InChI is InChI=1S/C13H9BrF4N2/c14-10-3-1-7(15)5-12(10)20-8-2-4-11(19)9(6-8)13(16,17)18/h1-6,20H,19H2. The second-order valence-electron chi connectivity index (χ2n) is 4.05. The fourth-order valence-electron chi connectivity index (χ4n) is 1.63. The van der Waals surface area contributed by atoms with Crippen LogP contribution in [-0.4, -0.2) is 0 Å². The van der Waals surface area contributed by atoms with E-state index in [9.17, 15) is 17.6 Å². The van der Waals surface area contributed by atoms with E-state index in [2.05, 4.69) is 21.2 Å². The van der Waals surface area contributed by atoms with Gasteiger partial charge in [-0.05, 0) is 52.3 Å². The summed E-state index contributed by atoms with van der Waals surface area (Å²) in [5.74, 6) is -0.498. The Kier molecular flexibility index (Phi) is 3.89. The number of nitrogen functional groups attached to an aromatic ring is 1. The van der Waals surface area contributed by atoms with Crippen LogP contribution >= 0.6 is 15.9 Å². The van der Waals surface area contributed by atoms with Gasteiger partial charge < -0.3 is 11.1 Å². The molecule has 0 aliphatic heterocycles. The average molecular weight is 349 g/mol. The van der Waals surface area contributed by atoms with Crippen molar-refractivity contribution in [1.82, 2.24) is 0 Å². The largest absolute Gasteiger partial charge is 0.418 e. The van der Waals surface area contributed by atoms with Gasteiger partial charge in [0.05, 0.1) is 11.3 Å². The van der Waals surface area contributed by atoms with Crippen molar-refractivity contribution in [3.63, 3.8) is 0 Å². The van der Waals surface area contributed by atoms with Crippen molar-refractivity contribution in [1.29, 1.82) is 0 Å². The van der Waals surface area contributed by atoms with E-state index in [4.69, 9.17) is 5.73 Å². The lowest BCUT2D eigenvalue weighted by molar-refractivity contribution is -0.136. The summed E-state index contributed by atoms with van der Waals surface area (Å²) >= 11 is 3.18. The van der Waals surface area contributed by atoms with Gasteiger partial charge in [-0.3, -0.25) is 0 Å². The van der Waals surface area contributed by atoms with E-state index in [-0.39, 0.29) is 11.4 Å². The topological polar surface area (TPSA) is 38.0 Å². The predicted molar refractivity (Wildman–Crippen MR) is 73.2 cm³/mol. The lowest BCUT2D eigenvalue weighted by atomic mass is 10.1. The molecule has 3 N–H and O–H groups in total. The first kappa shape index (κ1) is 14.6. The van der Waals surface area contributed by atoms with Crippen LogP contribution in [0.5, 0.6) is 0 Å². The first-order valence-corrected chi connectivity index (χ1v) is 6.25. The Morgan fingerprint density at radius 2 is 1.75 bits per heavy atom.